The summed E-state index contributed by atoms with van der Waals surface area (Å²) < 4.78 is 17.9. The van der Waals surface area contributed by atoms with Gasteiger partial charge in [-0.2, -0.15) is 0 Å². The number of hydrogen-bond acceptors (Lipinski definition) is 3. The quantitative estimate of drug-likeness (QED) is 0.831. The van der Waals surface area contributed by atoms with Crippen LogP contribution in [0.4, 0.5) is 4.39 Å². The summed E-state index contributed by atoms with van der Waals surface area (Å²) in [7, 11) is 1.34. The smallest absolute Gasteiger partial charge is 0.337 e. The van der Waals surface area contributed by atoms with Crippen LogP contribution in [-0.4, -0.2) is 19.0 Å². The van der Waals surface area contributed by atoms with Gasteiger partial charge in [0, 0.05) is 6.54 Å². The molecule has 1 fully saturated rings. The molecule has 3 rings (SSSR count). The Kier molecular flexibility index (Phi) is 5.35. The van der Waals surface area contributed by atoms with Crippen molar-refractivity contribution >= 4 is 11.9 Å². The lowest BCUT2D eigenvalue weighted by atomic mass is 9.78. The van der Waals surface area contributed by atoms with Gasteiger partial charge in [0.1, 0.15) is 5.82 Å². The summed E-state index contributed by atoms with van der Waals surface area (Å²) in [5.41, 5.74) is 1.66. The van der Waals surface area contributed by atoms with Crippen molar-refractivity contribution in [1.82, 2.24) is 5.32 Å². The highest BCUT2D eigenvalue weighted by Crippen LogP contribution is 2.41. The van der Waals surface area contributed by atoms with Gasteiger partial charge in [-0.05, 0) is 48.2 Å². The van der Waals surface area contributed by atoms with Crippen molar-refractivity contribution in [3.63, 3.8) is 0 Å². The van der Waals surface area contributed by atoms with Gasteiger partial charge in [-0.15, -0.1) is 0 Å². The molecular formula is C21H22FNO3. The van der Waals surface area contributed by atoms with Crippen molar-refractivity contribution in [2.75, 3.05) is 7.11 Å². The minimum absolute atomic E-state index is 0.0290. The Balaban J connectivity index is 1.71. The second-order valence-corrected chi connectivity index (χ2v) is 6.67. The van der Waals surface area contributed by atoms with Crippen LogP contribution in [0.15, 0.2) is 48.5 Å². The summed E-state index contributed by atoms with van der Waals surface area (Å²) in [5.74, 6) is -0.714. The molecule has 0 spiro atoms. The molecule has 136 valence electrons. The van der Waals surface area contributed by atoms with Gasteiger partial charge in [0.15, 0.2) is 0 Å². The van der Waals surface area contributed by atoms with Crippen LogP contribution in [0.1, 0.15) is 47.2 Å². The molecule has 2 aromatic rings. The molecule has 26 heavy (non-hydrogen) atoms. The third kappa shape index (κ3) is 3.62. The zero-order valence-electron chi connectivity index (χ0n) is 14.8. The van der Waals surface area contributed by atoms with E-state index in [1.165, 1.54) is 19.2 Å². The molecule has 0 bridgehead atoms. The van der Waals surface area contributed by atoms with Gasteiger partial charge in [-0.25, -0.2) is 9.18 Å². The average molecular weight is 355 g/mol. The zero-order valence-corrected chi connectivity index (χ0v) is 14.8. The summed E-state index contributed by atoms with van der Waals surface area (Å²) in [6.07, 6.45) is 3.51. The lowest BCUT2D eigenvalue weighted by molar-refractivity contribution is -0.126. The van der Waals surface area contributed by atoms with Gasteiger partial charge >= 0.3 is 5.97 Å². The van der Waals surface area contributed by atoms with E-state index in [2.05, 4.69) is 10.1 Å². The van der Waals surface area contributed by atoms with Gasteiger partial charge in [0.2, 0.25) is 5.91 Å². The fraction of sp³-hybridized carbons (Fsp3) is 0.333. The predicted octanol–water partition coefficient (Wildman–Crippen LogP) is 3.74. The molecule has 1 saturated carbocycles. The van der Waals surface area contributed by atoms with Crippen LogP contribution in [0.25, 0.3) is 0 Å². The molecule has 0 saturated heterocycles. The number of benzene rings is 2. The van der Waals surface area contributed by atoms with Crippen molar-refractivity contribution in [2.24, 2.45) is 0 Å². The van der Waals surface area contributed by atoms with Crippen LogP contribution < -0.4 is 5.32 Å². The predicted molar refractivity (Wildman–Crippen MR) is 96.2 cm³/mol. The topological polar surface area (TPSA) is 55.4 Å². The highest BCUT2D eigenvalue weighted by molar-refractivity contribution is 5.89. The summed E-state index contributed by atoms with van der Waals surface area (Å²) in [5, 5.41) is 3.01. The second-order valence-electron chi connectivity index (χ2n) is 6.67. The third-order valence-corrected chi connectivity index (χ3v) is 5.12. The maximum atomic E-state index is 13.3. The summed E-state index contributed by atoms with van der Waals surface area (Å²) in [4.78, 5) is 24.4. The van der Waals surface area contributed by atoms with E-state index in [4.69, 9.17) is 0 Å². The van der Waals surface area contributed by atoms with E-state index in [0.717, 1.165) is 36.8 Å². The number of methoxy groups -OCH3 is 1. The number of hydrogen-bond donors (Lipinski definition) is 1. The first-order valence-electron chi connectivity index (χ1n) is 8.77. The molecule has 1 aliphatic rings. The van der Waals surface area contributed by atoms with Crippen molar-refractivity contribution < 1.29 is 18.7 Å². The monoisotopic (exact) mass is 355 g/mol. The van der Waals surface area contributed by atoms with Crippen molar-refractivity contribution in [2.45, 2.75) is 37.6 Å². The molecule has 0 unspecified atom stereocenters. The van der Waals surface area contributed by atoms with Crippen LogP contribution >= 0.6 is 0 Å². The first-order valence-corrected chi connectivity index (χ1v) is 8.77. The van der Waals surface area contributed by atoms with Crippen LogP contribution in [0.3, 0.4) is 0 Å². The number of carbonyl (C=O) groups is 2. The molecule has 0 atom stereocenters. The Hall–Kier alpha value is -2.69. The number of esters is 1. The molecule has 5 heteroatoms. The summed E-state index contributed by atoms with van der Waals surface area (Å²) in [6.45, 7) is 0.378. The van der Waals surface area contributed by atoms with E-state index in [9.17, 15) is 14.0 Å². The molecular weight excluding hydrogens is 333 g/mol. The summed E-state index contributed by atoms with van der Waals surface area (Å²) >= 11 is 0. The maximum Gasteiger partial charge on any atom is 0.337 e. The van der Waals surface area contributed by atoms with E-state index in [1.54, 1.807) is 36.4 Å². The van der Waals surface area contributed by atoms with E-state index in [1.807, 2.05) is 0 Å². The van der Waals surface area contributed by atoms with E-state index < -0.39 is 5.41 Å². The number of ether oxygens (including phenoxy) is 1. The molecule has 0 aromatic heterocycles. The van der Waals surface area contributed by atoms with Gasteiger partial charge in [0.05, 0.1) is 18.1 Å². The average Bonchev–Trinajstić information content (AvgIpc) is 3.17. The maximum absolute atomic E-state index is 13.3. The Bertz CT molecular complexity index is 778. The first-order chi connectivity index (χ1) is 12.5. The number of rotatable bonds is 5. The van der Waals surface area contributed by atoms with Gasteiger partial charge < -0.3 is 10.1 Å². The normalized spacial score (nSPS) is 15.5. The molecule has 1 aliphatic carbocycles. The lowest BCUT2D eigenvalue weighted by Crippen LogP contribution is -2.42. The highest BCUT2D eigenvalue weighted by Gasteiger charge is 2.42. The van der Waals surface area contributed by atoms with Crippen molar-refractivity contribution in [3.05, 3.63) is 71.0 Å². The Labute approximate surface area is 152 Å². The van der Waals surface area contributed by atoms with Crippen molar-refractivity contribution in [1.29, 1.82) is 0 Å². The van der Waals surface area contributed by atoms with Crippen LogP contribution in [-0.2, 0) is 21.5 Å². The number of nitrogens with one attached hydrogen (secondary N) is 1. The van der Waals surface area contributed by atoms with Gasteiger partial charge in [-0.1, -0.05) is 37.1 Å². The standard InChI is InChI=1S/C21H22FNO3/c1-26-19(24)16-6-4-15(5-7-16)14-23-20(25)21(12-2-3-13-21)17-8-10-18(22)11-9-17/h4-11H,2-3,12-14H2,1H3,(H,23,25). The van der Waals surface area contributed by atoms with Gasteiger partial charge in [-0.3, -0.25) is 4.79 Å². The zero-order chi connectivity index (χ0) is 18.6. The van der Waals surface area contributed by atoms with Crippen LogP contribution in [0.2, 0.25) is 0 Å². The molecule has 1 N–H and O–H groups in total. The molecule has 4 nitrogen and oxygen atoms in total. The van der Waals surface area contributed by atoms with E-state index >= 15 is 0 Å². The molecule has 0 heterocycles. The van der Waals surface area contributed by atoms with Crippen LogP contribution in [0.5, 0.6) is 0 Å². The van der Waals surface area contributed by atoms with E-state index in [-0.39, 0.29) is 17.7 Å². The molecule has 0 aliphatic heterocycles. The molecule has 2 aromatic carbocycles. The fourth-order valence-corrected chi connectivity index (χ4v) is 3.62. The van der Waals surface area contributed by atoms with Crippen LogP contribution in [0, 0.1) is 5.82 Å². The molecule has 0 radical (unpaired) electrons. The molecule has 1 amide bonds. The Morgan fingerprint density at radius 3 is 2.23 bits per heavy atom. The van der Waals surface area contributed by atoms with Crippen molar-refractivity contribution in [3.8, 4) is 0 Å². The Morgan fingerprint density at radius 2 is 1.65 bits per heavy atom. The highest BCUT2D eigenvalue weighted by atomic mass is 19.1. The first kappa shape index (κ1) is 18.1. The number of carbonyl (C=O) groups excluding carboxylic acids is 2. The number of amides is 1. The minimum Gasteiger partial charge on any atom is -0.465 e. The lowest BCUT2D eigenvalue weighted by Gasteiger charge is -2.28. The fourth-order valence-electron chi connectivity index (χ4n) is 3.62. The van der Waals surface area contributed by atoms with Gasteiger partial charge in [0.25, 0.3) is 0 Å². The minimum atomic E-state index is -0.584. The second kappa shape index (κ2) is 7.68. The number of halogens is 1. The third-order valence-electron chi connectivity index (χ3n) is 5.12. The SMILES string of the molecule is COC(=O)c1ccc(CNC(=O)C2(c3ccc(F)cc3)CCCC2)cc1. The largest absolute Gasteiger partial charge is 0.465 e. The van der Waals surface area contributed by atoms with E-state index in [0.29, 0.717) is 12.1 Å². The summed E-state index contributed by atoms with van der Waals surface area (Å²) in [6, 6.07) is 13.2. The Morgan fingerprint density at radius 1 is 1.04 bits per heavy atom.